The van der Waals surface area contributed by atoms with Crippen LogP contribution in [0.3, 0.4) is 0 Å². The van der Waals surface area contributed by atoms with E-state index >= 15 is 0 Å². The quantitative estimate of drug-likeness (QED) is 0.576. The first kappa shape index (κ1) is 21.1. The van der Waals surface area contributed by atoms with Crippen molar-refractivity contribution in [2.45, 2.75) is 18.9 Å². The minimum Gasteiger partial charge on any atom is -0.370 e. The van der Waals surface area contributed by atoms with Crippen molar-refractivity contribution in [1.82, 2.24) is 5.32 Å². The number of morpholine rings is 1. The first-order valence-electron chi connectivity index (χ1n) is 8.16. The first-order chi connectivity index (χ1) is 12.8. The largest absolute Gasteiger partial charge is 0.370 e. The fraction of sp³-hybridized carbons (Fsp3) is 0.500. The Balaban J connectivity index is 2.17. The van der Waals surface area contributed by atoms with Crippen molar-refractivity contribution >= 4 is 23.2 Å². The standard InChI is InChI=1S/C16H20F4N4O3/c17-13(18)7-22-11(6-21)16(26)23-9-1-2-12(10(5-9)15(19)20)24-3-4-27-8-14(24)25/h1-2,5,11,13,15,22H,3-4,6-8,21H2,(H,23,26)/t11-/m0/s1. The number of hydrogen-bond acceptors (Lipinski definition) is 5. The maximum atomic E-state index is 13.5. The van der Waals surface area contributed by atoms with Gasteiger partial charge in [0.25, 0.3) is 18.8 Å². The monoisotopic (exact) mass is 392 g/mol. The molecular formula is C16H20F4N4O3. The molecule has 27 heavy (non-hydrogen) atoms. The summed E-state index contributed by atoms with van der Waals surface area (Å²) in [5.74, 6) is -1.17. The molecule has 0 bridgehead atoms. The first-order valence-corrected chi connectivity index (χ1v) is 8.16. The third-order valence-electron chi connectivity index (χ3n) is 3.88. The normalized spacial score (nSPS) is 16.1. The molecular weight excluding hydrogens is 372 g/mol. The molecule has 0 unspecified atom stereocenters. The lowest BCUT2D eigenvalue weighted by atomic mass is 10.1. The van der Waals surface area contributed by atoms with Crippen LogP contribution in [0.25, 0.3) is 0 Å². The molecule has 1 heterocycles. The van der Waals surface area contributed by atoms with E-state index in [4.69, 9.17) is 10.5 Å². The van der Waals surface area contributed by atoms with Crippen molar-refractivity contribution in [2.75, 3.05) is 43.1 Å². The van der Waals surface area contributed by atoms with Gasteiger partial charge >= 0.3 is 0 Å². The van der Waals surface area contributed by atoms with Gasteiger partial charge in [-0.25, -0.2) is 17.6 Å². The van der Waals surface area contributed by atoms with Crippen LogP contribution in [-0.2, 0) is 14.3 Å². The number of rotatable bonds is 8. The van der Waals surface area contributed by atoms with Crippen molar-refractivity contribution < 1.29 is 31.9 Å². The Morgan fingerprint density at radius 2 is 2.04 bits per heavy atom. The van der Waals surface area contributed by atoms with Gasteiger partial charge in [0.05, 0.1) is 24.9 Å². The zero-order valence-corrected chi connectivity index (χ0v) is 14.3. The molecule has 1 fully saturated rings. The maximum Gasteiger partial charge on any atom is 0.265 e. The molecule has 7 nitrogen and oxygen atoms in total. The van der Waals surface area contributed by atoms with Crippen LogP contribution in [0, 0.1) is 0 Å². The van der Waals surface area contributed by atoms with E-state index in [0.717, 1.165) is 6.07 Å². The van der Waals surface area contributed by atoms with Crippen LogP contribution >= 0.6 is 0 Å². The lowest BCUT2D eigenvalue weighted by molar-refractivity contribution is -0.125. The fourth-order valence-corrected chi connectivity index (χ4v) is 2.57. The number of anilines is 2. The summed E-state index contributed by atoms with van der Waals surface area (Å²) in [6, 6.07) is 2.59. The third kappa shape index (κ3) is 5.62. The van der Waals surface area contributed by atoms with Gasteiger partial charge in [0.2, 0.25) is 5.91 Å². The number of nitrogens with zero attached hydrogens (tertiary/aromatic N) is 1. The number of amides is 2. The van der Waals surface area contributed by atoms with Crippen molar-refractivity contribution in [3.63, 3.8) is 0 Å². The average Bonchev–Trinajstić information content (AvgIpc) is 2.62. The smallest absolute Gasteiger partial charge is 0.265 e. The van der Waals surface area contributed by atoms with Gasteiger partial charge in [-0.2, -0.15) is 0 Å². The minimum absolute atomic E-state index is 0.0301. The van der Waals surface area contributed by atoms with Gasteiger partial charge in [-0.3, -0.25) is 14.9 Å². The summed E-state index contributed by atoms with van der Waals surface area (Å²) in [4.78, 5) is 25.2. The van der Waals surface area contributed by atoms with Crippen LogP contribution in [0.4, 0.5) is 28.9 Å². The number of hydrogen-bond donors (Lipinski definition) is 3. The van der Waals surface area contributed by atoms with Gasteiger partial charge in [0.1, 0.15) is 6.61 Å². The van der Waals surface area contributed by atoms with Crippen LogP contribution in [0.15, 0.2) is 18.2 Å². The minimum atomic E-state index is -2.89. The van der Waals surface area contributed by atoms with E-state index in [0.29, 0.717) is 0 Å². The Morgan fingerprint density at radius 1 is 1.30 bits per heavy atom. The number of nitrogens with two attached hydrogens (primary N) is 1. The zero-order valence-electron chi connectivity index (χ0n) is 14.3. The number of halogens is 4. The van der Waals surface area contributed by atoms with Gasteiger partial charge in [0.15, 0.2) is 0 Å². The molecule has 150 valence electrons. The van der Waals surface area contributed by atoms with Gasteiger partial charge < -0.3 is 20.7 Å². The van der Waals surface area contributed by atoms with Crippen molar-refractivity contribution in [3.05, 3.63) is 23.8 Å². The summed E-state index contributed by atoms with van der Waals surface area (Å²) in [5, 5.41) is 4.66. The molecule has 1 aliphatic rings. The molecule has 1 aliphatic heterocycles. The number of nitrogens with one attached hydrogen (secondary N) is 2. The number of carbonyl (C=O) groups is 2. The van der Waals surface area contributed by atoms with Gasteiger partial charge in [-0.1, -0.05) is 0 Å². The van der Waals surface area contributed by atoms with Crippen molar-refractivity contribution in [3.8, 4) is 0 Å². The van der Waals surface area contributed by atoms with Crippen LogP contribution in [-0.4, -0.2) is 57.1 Å². The molecule has 1 atom stereocenters. The Bertz CT molecular complexity index is 675. The Labute approximate surface area is 152 Å². The highest BCUT2D eigenvalue weighted by molar-refractivity contribution is 5.97. The highest BCUT2D eigenvalue weighted by atomic mass is 19.3. The zero-order chi connectivity index (χ0) is 20.0. The molecule has 1 aromatic rings. The Hall–Kier alpha value is -2.24. The van der Waals surface area contributed by atoms with Crippen LogP contribution in [0.5, 0.6) is 0 Å². The van der Waals surface area contributed by atoms with E-state index in [-0.39, 0.29) is 37.7 Å². The molecule has 0 spiro atoms. The molecule has 11 heteroatoms. The molecule has 1 saturated heterocycles. The molecule has 4 N–H and O–H groups in total. The summed E-state index contributed by atoms with van der Waals surface area (Å²) in [5.41, 5.74) is 5.02. The second-order valence-corrected chi connectivity index (χ2v) is 5.75. The van der Waals surface area contributed by atoms with Crippen LogP contribution in [0.1, 0.15) is 12.0 Å². The van der Waals surface area contributed by atoms with Gasteiger partial charge in [0, 0.05) is 24.3 Å². The molecule has 0 aliphatic carbocycles. The summed E-state index contributed by atoms with van der Waals surface area (Å²) in [7, 11) is 0. The second-order valence-electron chi connectivity index (χ2n) is 5.75. The summed E-state index contributed by atoms with van der Waals surface area (Å²) < 4.78 is 56.4. The highest BCUT2D eigenvalue weighted by Gasteiger charge is 2.26. The van der Waals surface area contributed by atoms with E-state index in [9.17, 15) is 27.2 Å². The molecule has 2 rings (SSSR count). The van der Waals surface area contributed by atoms with E-state index in [2.05, 4.69) is 10.6 Å². The molecule has 0 radical (unpaired) electrons. The van der Waals surface area contributed by atoms with E-state index in [1.165, 1.54) is 17.0 Å². The van der Waals surface area contributed by atoms with E-state index < -0.39 is 42.8 Å². The van der Waals surface area contributed by atoms with E-state index in [1.807, 2.05) is 0 Å². The predicted molar refractivity (Wildman–Crippen MR) is 90.0 cm³/mol. The lowest BCUT2D eigenvalue weighted by Gasteiger charge is -2.29. The number of ether oxygens (including phenoxy) is 1. The molecule has 0 aromatic heterocycles. The van der Waals surface area contributed by atoms with Crippen molar-refractivity contribution in [1.29, 1.82) is 0 Å². The SMILES string of the molecule is NC[C@H](NCC(F)F)C(=O)Nc1ccc(N2CCOCC2=O)c(C(F)F)c1. The maximum absolute atomic E-state index is 13.5. The average molecular weight is 392 g/mol. The third-order valence-corrected chi connectivity index (χ3v) is 3.88. The number of benzene rings is 1. The Kier molecular flexibility index (Phi) is 7.51. The predicted octanol–water partition coefficient (Wildman–Crippen LogP) is 1.11. The highest BCUT2D eigenvalue weighted by Crippen LogP contribution is 2.33. The second kappa shape index (κ2) is 9.62. The summed E-state index contributed by atoms with van der Waals surface area (Å²) in [6.45, 7) is -0.816. The number of alkyl halides is 4. The summed E-state index contributed by atoms with van der Waals surface area (Å²) >= 11 is 0. The summed E-state index contributed by atoms with van der Waals surface area (Å²) in [6.07, 6.45) is -5.56. The lowest BCUT2D eigenvalue weighted by Crippen LogP contribution is -2.47. The Morgan fingerprint density at radius 3 is 2.63 bits per heavy atom. The van der Waals surface area contributed by atoms with Gasteiger partial charge in [-0.05, 0) is 18.2 Å². The van der Waals surface area contributed by atoms with Crippen molar-refractivity contribution in [2.24, 2.45) is 5.73 Å². The molecule has 2 amide bonds. The van der Waals surface area contributed by atoms with Gasteiger partial charge in [-0.15, -0.1) is 0 Å². The van der Waals surface area contributed by atoms with Crippen LogP contribution < -0.4 is 21.3 Å². The van der Waals surface area contributed by atoms with E-state index in [1.54, 1.807) is 0 Å². The topological polar surface area (TPSA) is 96.7 Å². The van der Waals surface area contributed by atoms with Crippen LogP contribution in [0.2, 0.25) is 0 Å². The molecule has 1 aromatic carbocycles. The fourth-order valence-electron chi connectivity index (χ4n) is 2.57. The molecule has 0 saturated carbocycles. The number of carbonyl (C=O) groups excluding carboxylic acids is 2.